The zero-order valence-corrected chi connectivity index (χ0v) is 15.1. The van der Waals surface area contributed by atoms with Crippen LogP contribution in [-0.4, -0.2) is 9.55 Å². The predicted molar refractivity (Wildman–Crippen MR) is 112 cm³/mol. The fourth-order valence-electron chi connectivity index (χ4n) is 3.75. The Balaban J connectivity index is 1.75. The fraction of sp³-hybridized carbons (Fsp3) is 0. The molecule has 3 aromatic carbocycles. The van der Waals surface area contributed by atoms with Crippen LogP contribution in [0.4, 0.5) is 0 Å². The molecule has 0 aliphatic heterocycles. The summed E-state index contributed by atoms with van der Waals surface area (Å²) in [6.07, 6.45) is 1.70. The summed E-state index contributed by atoms with van der Waals surface area (Å²) in [4.78, 5) is 4.97. The number of nitrogens with zero attached hydrogens (tertiary/aromatic N) is 2. The van der Waals surface area contributed by atoms with E-state index in [-0.39, 0.29) is 0 Å². The number of hydrogen-bond acceptors (Lipinski definition) is 3. The van der Waals surface area contributed by atoms with Crippen molar-refractivity contribution in [1.29, 1.82) is 0 Å². The number of imidazole rings is 1. The number of para-hydroxylation sites is 2. The Labute approximate surface area is 159 Å². The van der Waals surface area contributed by atoms with Gasteiger partial charge in [-0.05, 0) is 30.3 Å². The van der Waals surface area contributed by atoms with Gasteiger partial charge in [0.05, 0.1) is 17.3 Å². The lowest BCUT2D eigenvalue weighted by atomic mass is 10.1. The number of fused-ring (bicyclic) bond motifs is 4. The van der Waals surface area contributed by atoms with E-state index in [0.717, 1.165) is 28.3 Å². The van der Waals surface area contributed by atoms with Crippen molar-refractivity contribution in [3.05, 3.63) is 85.1 Å². The van der Waals surface area contributed by atoms with Gasteiger partial charge in [-0.2, -0.15) is 0 Å². The summed E-state index contributed by atoms with van der Waals surface area (Å²) in [6, 6.07) is 27.1. The van der Waals surface area contributed by atoms with Crippen LogP contribution in [0.3, 0.4) is 0 Å². The molecule has 4 heteroatoms. The molecule has 0 atom stereocenters. The van der Waals surface area contributed by atoms with Gasteiger partial charge in [-0.3, -0.25) is 4.57 Å². The van der Waals surface area contributed by atoms with Crippen LogP contribution < -0.4 is 0 Å². The van der Waals surface area contributed by atoms with Gasteiger partial charge in [-0.15, -0.1) is 11.3 Å². The van der Waals surface area contributed by atoms with Crippen molar-refractivity contribution in [2.75, 3.05) is 0 Å². The van der Waals surface area contributed by atoms with Gasteiger partial charge in [0, 0.05) is 31.8 Å². The van der Waals surface area contributed by atoms with Gasteiger partial charge in [0.25, 0.3) is 0 Å². The SMILES string of the molecule is c1coc(-n2c(-c3cccc4c3sc3ccccc34)nc3ccccc32)c1. The third-order valence-corrected chi connectivity index (χ3v) is 6.15. The first kappa shape index (κ1) is 14.8. The highest BCUT2D eigenvalue weighted by molar-refractivity contribution is 7.26. The molecule has 3 nitrogen and oxygen atoms in total. The third-order valence-electron chi connectivity index (χ3n) is 4.93. The Morgan fingerprint density at radius 2 is 1.63 bits per heavy atom. The summed E-state index contributed by atoms with van der Waals surface area (Å²) < 4.78 is 10.4. The molecule has 0 saturated heterocycles. The van der Waals surface area contributed by atoms with Gasteiger partial charge in [0.2, 0.25) is 5.88 Å². The van der Waals surface area contributed by atoms with Crippen molar-refractivity contribution >= 4 is 42.5 Å². The van der Waals surface area contributed by atoms with E-state index in [1.54, 1.807) is 6.26 Å². The molecule has 0 amide bonds. The highest BCUT2D eigenvalue weighted by Gasteiger charge is 2.19. The zero-order valence-electron chi connectivity index (χ0n) is 14.3. The lowest BCUT2D eigenvalue weighted by Gasteiger charge is -2.07. The molecule has 3 aromatic heterocycles. The number of aromatic nitrogens is 2. The van der Waals surface area contributed by atoms with Gasteiger partial charge in [-0.1, -0.05) is 42.5 Å². The Kier molecular flexibility index (Phi) is 3.04. The van der Waals surface area contributed by atoms with Crippen molar-refractivity contribution in [2.24, 2.45) is 0 Å². The molecule has 0 aliphatic carbocycles. The Morgan fingerprint density at radius 3 is 2.56 bits per heavy atom. The van der Waals surface area contributed by atoms with Gasteiger partial charge in [0.15, 0.2) is 0 Å². The largest absolute Gasteiger partial charge is 0.448 e. The molecule has 0 spiro atoms. The summed E-state index contributed by atoms with van der Waals surface area (Å²) >= 11 is 1.82. The van der Waals surface area contributed by atoms with Crippen LogP contribution in [-0.2, 0) is 0 Å². The molecule has 0 radical (unpaired) electrons. The highest BCUT2D eigenvalue weighted by Crippen LogP contribution is 2.40. The molecule has 0 N–H and O–H groups in total. The van der Waals surface area contributed by atoms with Crippen molar-refractivity contribution in [3.63, 3.8) is 0 Å². The van der Waals surface area contributed by atoms with E-state index in [1.165, 1.54) is 20.2 Å². The van der Waals surface area contributed by atoms with E-state index in [1.807, 2.05) is 41.7 Å². The molecular weight excluding hydrogens is 352 g/mol. The van der Waals surface area contributed by atoms with E-state index < -0.39 is 0 Å². The Morgan fingerprint density at radius 1 is 0.778 bits per heavy atom. The first-order valence-electron chi connectivity index (χ1n) is 8.82. The zero-order chi connectivity index (χ0) is 17.8. The molecule has 0 saturated carbocycles. The quantitative estimate of drug-likeness (QED) is 0.343. The van der Waals surface area contributed by atoms with Crippen LogP contribution >= 0.6 is 11.3 Å². The van der Waals surface area contributed by atoms with Crippen molar-refractivity contribution < 1.29 is 4.42 Å². The van der Waals surface area contributed by atoms with Gasteiger partial charge in [0.1, 0.15) is 5.82 Å². The molecule has 6 rings (SSSR count). The second-order valence-corrected chi connectivity index (χ2v) is 7.54. The van der Waals surface area contributed by atoms with E-state index in [9.17, 15) is 0 Å². The highest BCUT2D eigenvalue weighted by atomic mass is 32.1. The number of thiophene rings is 1. The van der Waals surface area contributed by atoms with Crippen molar-refractivity contribution in [2.45, 2.75) is 0 Å². The standard InChI is InChI=1S/C23H14N2OS/c1-4-12-20-15(7-1)16-8-5-9-17(22(16)27-20)23-24-18-10-2-3-11-19(18)25(23)21-13-6-14-26-21/h1-14H. The second kappa shape index (κ2) is 5.56. The first-order chi connectivity index (χ1) is 13.4. The average Bonchev–Trinajstić information content (AvgIpc) is 3.43. The van der Waals surface area contributed by atoms with E-state index in [0.29, 0.717) is 0 Å². The summed E-state index contributed by atoms with van der Waals surface area (Å²) in [6.45, 7) is 0. The summed E-state index contributed by atoms with van der Waals surface area (Å²) in [5.41, 5.74) is 3.13. The maximum atomic E-state index is 5.75. The monoisotopic (exact) mass is 366 g/mol. The molecule has 0 unspecified atom stereocenters. The molecular formula is C23H14N2OS. The smallest absolute Gasteiger partial charge is 0.205 e. The maximum absolute atomic E-state index is 5.75. The molecule has 27 heavy (non-hydrogen) atoms. The minimum Gasteiger partial charge on any atom is -0.448 e. The van der Waals surface area contributed by atoms with Gasteiger partial charge in [-0.25, -0.2) is 4.98 Å². The van der Waals surface area contributed by atoms with Crippen LogP contribution in [0.15, 0.2) is 89.5 Å². The average molecular weight is 366 g/mol. The molecule has 0 fully saturated rings. The van der Waals surface area contributed by atoms with Crippen LogP contribution in [0.1, 0.15) is 0 Å². The van der Waals surface area contributed by atoms with Crippen LogP contribution in [0, 0.1) is 0 Å². The maximum Gasteiger partial charge on any atom is 0.205 e. The lowest BCUT2D eigenvalue weighted by molar-refractivity contribution is 0.543. The number of rotatable bonds is 2. The summed E-state index contributed by atoms with van der Waals surface area (Å²) in [5.74, 6) is 1.68. The Bertz CT molecular complexity index is 1420. The normalized spacial score (nSPS) is 11.7. The fourth-order valence-corrected chi connectivity index (χ4v) is 4.96. The number of benzene rings is 3. The van der Waals surface area contributed by atoms with E-state index >= 15 is 0 Å². The summed E-state index contributed by atoms with van der Waals surface area (Å²) in [7, 11) is 0. The van der Waals surface area contributed by atoms with Gasteiger partial charge < -0.3 is 4.42 Å². The Hall–Kier alpha value is -3.37. The predicted octanol–water partition coefficient (Wildman–Crippen LogP) is 6.65. The lowest BCUT2D eigenvalue weighted by Crippen LogP contribution is -1.95. The second-order valence-electron chi connectivity index (χ2n) is 6.49. The molecule has 128 valence electrons. The molecule has 0 bridgehead atoms. The minimum absolute atomic E-state index is 0.775. The van der Waals surface area contributed by atoms with Crippen LogP contribution in [0.2, 0.25) is 0 Å². The summed E-state index contributed by atoms with van der Waals surface area (Å²) in [5, 5.41) is 2.56. The van der Waals surface area contributed by atoms with E-state index in [2.05, 4.69) is 53.1 Å². The van der Waals surface area contributed by atoms with Crippen molar-refractivity contribution in [1.82, 2.24) is 9.55 Å². The van der Waals surface area contributed by atoms with Crippen molar-refractivity contribution in [3.8, 4) is 17.3 Å². The first-order valence-corrected chi connectivity index (χ1v) is 9.64. The molecule has 0 aliphatic rings. The molecule has 3 heterocycles. The minimum atomic E-state index is 0.775. The third kappa shape index (κ3) is 2.11. The van der Waals surface area contributed by atoms with Gasteiger partial charge >= 0.3 is 0 Å². The van der Waals surface area contributed by atoms with E-state index in [4.69, 9.17) is 9.40 Å². The number of hydrogen-bond donors (Lipinski definition) is 0. The molecule has 6 aromatic rings. The topological polar surface area (TPSA) is 31.0 Å². The van der Waals surface area contributed by atoms with Crippen LogP contribution in [0.25, 0.3) is 48.5 Å². The number of furan rings is 1. The van der Waals surface area contributed by atoms with Crippen LogP contribution in [0.5, 0.6) is 0 Å².